The highest BCUT2D eigenvalue weighted by Gasteiger charge is 2.06. The Labute approximate surface area is 80.7 Å². The predicted molar refractivity (Wildman–Crippen MR) is 52.9 cm³/mol. The van der Waals surface area contributed by atoms with Gasteiger partial charge in [0.15, 0.2) is 11.1 Å². The van der Waals surface area contributed by atoms with Crippen LogP contribution in [0.25, 0.3) is 0 Å². The molecule has 0 saturated carbocycles. The summed E-state index contributed by atoms with van der Waals surface area (Å²) in [5.41, 5.74) is 0.897. The Bertz CT molecular complexity index is 312. The summed E-state index contributed by atoms with van der Waals surface area (Å²) in [4.78, 5) is 2.46. The Morgan fingerprint density at radius 3 is 2.54 bits per heavy atom. The van der Waals surface area contributed by atoms with Gasteiger partial charge in [-0.25, -0.2) is 4.21 Å². The van der Waals surface area contributed by atoms with E-state index in [0.29, 0.717) is 11.4 Å². The molecule has 0 aliphatic rings. The second-order valence-corrected chi connectivity index (χ2v) is 4.03. The molecule has 1 aromatic carbocycles. The van der Waals surface area contributed by atoms with Gasteiger partial charge in [0.25, 0.3) is 0 Å². The molecule has 0 aromatic heterocycles. The fourth-order valence-corrected chi connectivity index (χ4v) is 1.70. The molecule has 1 rings (SSSR count). The van der Waals surface area contributed by atoms with Crippen molar-refractivity contribution in [1.29, 1.82) is 0 Å². The Hall–Kier alpha value is -0.710. The molecule has 0 heterocycles. The molecule has 1 unspecified atom stereocenters. The standard InChI is InChI=1S/C9H13NO2S/c1-10(2)7-8-5-3-4-6-9(8)13(11)12/h3-6H,7H2,1-2H3,(H,11,12). The van der Waals surface area contributed by atoms with Crippen LogP contribution in [-0.2, 0) is 17.6 Å². The van der Waals surface area contributed by atoms with E-state index in [9.17, 15) is 4.21 Å². The van der Waals surface area contributed by atoms with Crippen LogP contribution in [0.2, 0.25) is 0 Å². The van der Waals surface area contributed by atoms with Crippen molar-refractivity contribution in [2.24, 2.45) is 0 Å². The lowest BCUT2D eigenvalue weighted by molar-refractivity contribution is 0.398. The lowest BCUT2D eigenvalue weighted by atomic mass is 10.2. The van der Waals surface area contributed by atoms with Crippen molar-refractivity contribution in [2.75, 3.05) is 14.1 Å². The molecule has 0 radical (unpaired) electrons. The van der Waals surface area contributed by atoms with Gasteiger partial charge in [-0.3, -0.25) is 0 Å². The SMILES string of the molecule is CN(C)Cc1ccccc1S(=O)O. The molecule has 0 saturated heterocycles. The molecule has 1 N–H and O–H groups in total. The van der Waals surface area contributed by atoms with Gasteiger partial charge in [-0.15, -0.1) is 0 Å². The first-order valence-electron chi connectivity index (χ1n) is 3.94. The van der Waals surface area contributed by atoms with Gasteiger partial charge in [0.2, 0.25) is 0 Å². The largest absolute Gasteiger partial charge is 0.305 e. The maximum absolute atomic E-state index is 10.9. The summed E-state index contributed by atoms with van der Waals surface area (Å²) in [6.45, 7) is 0.683. The van der Waals surface area contributed by atoms with Crippen molar-refractivity contribution in [3.05, 3.63) is 29.8 Å². The van der Waals surface area contributed by atoms with Crippen molar-refractivity contribution in [3.63, 3.8) is 0 Å². The van der Waals surface area contributed by atoms with Crippen LogP contribution in [0.5, 0.6) is 0 Å². The van der Waals surface area contributed by atoms with Gasteiger partial charge in [-0.2, -0.15) is 0 Å². The van der Waals surface area contributed by atoms with Gasteiger partial charge < -0.3 is 9.45 Å². The molecule has 0 bridgehead atoms. The second-order valence-electron chi connectivity index (χ2n) is 3.09. The van der Waals surface area contributed by atoms with E-state index in [4.69, 9.17) is 4.55 Å². The van der Waals surface area contributed by atoms with E-state index in [1.165, 1.54) is 0 Å². The average molecular weight is 199 g/mol. The first-order chi connectivity index (χ1) is 6.11. The third-order valence-corrected chi connectivity index (χ3v) is 2.42. The van der Waals surface area contributed by atoms with E-state index in [1.807, 2.05) is 31.1 Å². The van der Waals surface area contributed by atoms with Gasteiger partial charge in [0.05, 0.1) is 4.90 Å². The van der Waals surface area contributed by atoms with E-state index in [0.717, 1.165) is 5.56 Å². The lowest BCUT2D eigenvalue weighted by Gasteiger charge is -2.11. The molecule has 4 heteroatoms. The van der Waals surface area contributed by atoms with Crippen LogP contribution in [0.3, 0.4) is 0 Å². The van der Waals surface area contributed by atoms with Gasteiger partial charge in [-0.05, 0) is 25.7 Å². The fourth-order valence-electron chi connectivity index (χ4n) is 1.15. The van der Waals surface area contributed by atoms with E-state index >= 15 is 0 Å². The second kappa shape index (κ2) is 4.50. The molecule has 72 valence electrons. The minimum absolute atomic E-state index is 0.496. The molecule has 1 aromatic rings. The summed E-state index contributed by atoms with van der Waals surface area (Å²) in [6, 6.07) is 7.18. The number of benzene rings is 1. The highest BCUT2D eigenvalue weighted by atomic mass is 32.2. The predicted octanol–water partition coefficient (Wildman–Crippen LogP) is 1.33. The first-order valence-corrected chi connectivity index (χ1v) is 5.05. The molecule has 1 atom stereocenters. The summed E-state index contributed by atoms with van der Waals surface area (Å²) < 4.78 is 19.9. The number of hydrogen-bond donors (Lipinski definition) is 1. The molecular weight excluding hydrogens is 186 g/mol. The highest BCUT2D eigenvalue weighted by Crippen LogP contribution is 2.13. The normalized spacial score (nSPS) is 13.2. The number of hydrogen-bond acceptors (Lipinski definition) is 2. The van der Waals surface area contributed by atoms with Crippen LogP contribution in [0.4, 0.5) is 0 Å². The van der Waals surface area contributed by atoms with E-state index in [-0.39, 0.29) is 0 Å². The third-order valence-electron chi connectivity index (χ3n) is 1.65. The minimum atomic E-state index is -1.88. The molecule has 0 amide bonds. The van der Waals surface area contributed by atoms with Crippen LogP contribution in [0.1, 0.15) is 5.56 Å². The lowest BCUT2D eigenvalue weighted by Crippen LogP contribution is -2.12. The van der Waals surface area contributed by atoms with Gasteiger partial charge >= 0.3 is 0 Å². The quantitative estimate of drug-likeness (QED) is 0.747. The molecule has 0 aliphatic carbocycles. The fraction of sp³-hybridized carbons (Fsp3) is 0.333. The van der Waals surface area contributed by atoms with Crippen LogP contribution in [0, 0.1) is 0 Å². The van der Waals surface area contributed by atoms with Crippen molar-refractivity contribution in [1.82, 2.24) is 4.90 Å². The number of rotatable bonds is 3. The third kappa shape index (κ3) is 2.91. The van der Waals surface area contributed by atoms with Crippen molar-refractivity contribution in [2.45, 2.75) is 11.4 Å². The summed E-state index contributed by atoms with van der Waals surface area (Å²) in [5.74, 6) is 0. The van der Waals surface area contributed by atoms with E-state index < -0.39 is 11.1 Å². The van der Waals surface area contributed by atoms with E-state index in [2.05, 4.69) is 0 Å². The van der Waals surface area contributed by atoms with Crippen LogP contribution >= 0.6 is 0 Å². The van der Waals surface area contributed by atoms with Gasteiger partial charge in [0.1, 0.15) is 0 Å². The van der Waals surface area contributed by atoms with Crippen molar-refractivity contribution in [3.8, 4) is 0 Å². The van der Waals surface area contributed by atoms with Gasteiger partial charge in [0, 0.05) is 6.54 Å². The molecule has 0 fully saturated rings. The molecular formula is C9H13NO2S. The number of nitrogens with zero attached hydrogens (tertiary/aromatic N) is 1. The highest BCUT2D eigenvalue weighted by molar-refractivity contribution is 7.79. The van der Waals surface area contributed by atoms with Crippen LogP contribution in [0.15, 0.2) is 29.2 Å². The topological polar surface area (TPSA) is 40.5 Å². The summed E-state index contributed by atoms with van der Waals surface area (Å²) in [5, 5.41) is 0. The van der Waals surface area contributed by atoms with Crippen molar-refractivity contribution < 1.29 is 8.76 Å². The molecule has 0 spiro atoms. The maximum Gasteiger partial charge on any atom is 0.186 e. The Kier molecular flexibility index (Phi) is 3.59. The smallest absolute Gasteiger partial charge is 0.186 e. The van der Waals surface area contributed by atoms with Gasteiger partial charge in [-0.1, -0.05) is 18.2 Å². The van der Waals surface area contributed by atoms with E-state index in [1.54, 1.807) is 12.1 Å². The summed E-state index contributed by atoms with van der Waals surface area (Å²) >= 11 is -1.88. The summed E-state index contributed by atoms with van der Waals surface area (Å²) in [7, 11) is 3.86. The van der Waals surface area contributed by atoms with Crippen LogP contribution in [-0.4, -0.2) is 27.8 Å². The van der Waals surface area contributed by atoms with Crippen molar-refractivity contribution >= 4 is 11.1 Å². The molecule has 13 heavy (non-hydrogen) atoms. The first kappa shape index (κ1) is 10.4. The zero-order chi connectivity index (χ0) is 9.84. The zero-order valence-corrected chi connectivity index (χ0v) is 8.54. The molecule has 3 nitrogen and oxygen atoms in total. The minimum Gasteiger partial charge on any atom is -0.305 e. The Balaban J connectivity index is 2.98. The Morgan fingerprint density at radius 1 is 1.38 bits per heavy atom. The zero-order valence-electron chi connectivity index (χ0n) is 7.73. The average Bonchev–Trinajstić information content (AvgIpc) is 2.03. The molecule has 0 aliphatic heterocycles. The maximum atomic E-state index is 10.9. The van der Waals surface area contributed by atoms with Crippen LogP contribution < -0.4 is 0 Å². The Morgan fingerprint density at radius 2 is 2.00 bits per heavy atom. The monoisotopic (exact) mass is 199 g/mol. The summed E-state index contributed by atoms with van der Waals surface area (Å²) in [6.07, 6.45) is 0.